The van der Waals surface area contributed by atoms with Crippen LogP contribution in [0.5, 0.6) is 17.2 Å². The van der Waals surface area contributed by atoms with E-state index in [1.807, 2.05) is 30.3 Å². The Balaban J connectivity index is 1.97. The van der Waals surface area contributed by atoms with Crippen LogP contribution in [0.2, 0.25) is 0 Å². The maximum atomic E-state index is 14.1. The zero-order valence-corrected chi connectivity index (χ0v) is 16.2. The van der Waals surface area contributed by atoms with Crippen molar-refractivity contribution in [1.29, 1.82) is 0 Å². The summed E-state index contributed by atoms with van der Waals surface area (Å²) in [5, 5.41) is 3.20. The molecule has 2 aromatic rings. The largest absolute Gasteiger partial charge is 0.493 e. The highest BCUT2D eigenvalue weighted by molar-refractivity contribution is 5.52. The Hall–Kier alpha value is -2.38. The molecule has 0 aliphatic carbocycles. The number of methoxy groups -OCH3 is 2. The molecule has 1 aliphatic heterocycles. The van der Waals surface area contributed by atoms with Gasteiger partial charge in [-0.3, -0.25) is 4.90 Å². The molecule has 0 saturated carbocycles. The van der Waals surface area contributed by atoms with Crippen molar-refractivity contribution in [3.05, 3.63) is 53.6 Å². The van der Waals surface area contributed by atoms with Crippen LogP contribution in [0.3, 0.4) is 0 Å². The lowest BCUT2D eigenvalue weighted by atomic mass is 10.0. The molecular weight excluding hydrogens is 366 g/mol. The van der Waals surface area contributed by atoms with Crippen molar-refractivity contribution in [1.82, 2.24) is 10.2 Å². The van der Waals surface area contributed by atoms with Gasteiger partial charge in [-0.25, -0.2) is 8.78 Å². The Labute approximate surface area is 164 Å². The predicted octanol–water partition coefficient (Wildman–Crippen LogP) is 3.49. The summed E-state index contributed by atoms with van der Waals surface area (Å²) in [6.07, 6.45) is -2.56. The number of hydrogen-bond acceptors (Lipinski definition) is 5. The molecule has 3 rings (SSSR count). The second-order valence-corrected chi connectivity index (χ2v) is 6.58. The average molecular weight is 392 g/mol. The SMILES string of the molecule is COc1cc(OCc2ccccc2)c([C@@H](C(F)F)N2CCNCC2)cc1OC. The molecule has 1 fully saturated rings. The summed E-state index contributed by atoms with van der Waals surface area (Å²) >= 11 is 0. The van der Waals surface area contributed by atoms with E-state index in [1.165, 1.54) is 14.2 Å². The summed E-state index contributed by atoms with van der Waals surface area (Å²) in [6.45, 7) is 2.72. The lowest BCUT2D eigenvalue weighted by Gasteiger charge is -2.35. The Morgan fingerprint density at radius 2 is 1.61 bits per heavy atom. The molecule has 0 bridgehead atoms. The molecule has 1 heterocycles. The van der Waals surface area contributed by atoms with Crippen molar-refractivity contribution in [3.63, 3.8) is 0 Å². The second kappa shape index (κ2) is 9.71. The molecule has 1 aliphatic rings. The van der Waals surface area contributed by atoms with Gasteiger partial charge in [0.05, 0.1) is 14.2 Å². The maximum Gasteiger partial charge on any atom is 0.258 e. The summed E-state index contributed by atoms with van der Waals surface area (Å²) in [6, 6.07) is 11.8. The fraction of sp³-hybridized carbons (Fsp3) is 0.429. The molecule has 0 aromatic heterocycles. The monoisotopic (exact) mass is 392 g/mol. The fourth-order valence-electron chi connectivity index (χ4n) is 3.42. The number of nitrogens with one attached hydrogen (secondary N) is 1. The second-order valence-electron chi connectivity index (χ2n) is 6.58. The molecule has 7 heteroatoms. The molecule has 0 amide bonds. The molecule has 1 N–H and O–H groups in total. The molecule has 0 radical (unpaired) electrons. The lowest BCUT2D eigenvalue weighted by molar-refractivity contribution is 0.0165. The van der Waals surface area contributed by atoms with Crippen LogP contribution in [0.15, 0.2) is 42.5 Å². The third-order valence-corrected chi connectivity index (χ3v) is 4.86. The first kappa shape index (κ1) is 20.4. The highest BCUT2D eigenvalue weighted by Gasteiger charge is 2.33. The van der Waals surface area contributed by atoms with Gasteiger partial charge in [0.15, 0.2) is 11.5 Å². The van der Waals surface area contributed by atoms with Crippen LogP contribution in [-0.2, 0) is 6.61 Å². The van der Waals surface area contributed by atoms with E-state index in [0.29, 0.717) is 49.0 Å². The lowest BCUT2D eigenvalue weighted by Crippen LogP contribution is -2.47. The normalized spacial score (nSPS) is 16.0. The third-order valence-electron chi connectivity index (χ3n) is 4.86. The quantitative estimate of drug-likeness (QED) is 0.745. The highest BCUT2D eigenvalue weighted by Crippen LogP contribution is 2.41. The van der Waals surface area contributed by atoms with E-state index >= 15 is 0 Å². The minimum Gasteiger partial charge on any atom is -0.493 e. The van der Waals surface area contributed by atoms with E-state index in [-0.39, 0.29) is 6.61 Å². The first-order chi connectivity index (χ1) is 13.6. The van der Waals surface area contributed by atoms with Crippen LogP contribution in [0.25, 0.3) is 0 Å². The first-order valence-electron chi connectivity index (χ1n) is 9.29. The van der Waals surface area contributed by atoms with Crippen molar-refractivity contribution < 1.29 is 23.0 Å². The number of nitrogens with zero attached hydrogens (tertiary/aromatic N) is 1. The maximum absolute atomic E-state index is 14.1. The molecule has 28 heavy (non-hydrogen) atoms. The summed E-state index contributed by atoms with van der Waals surface area (Å²) in [4.78, 5) is 1.79. The Bertz CT molecular complexity index is 753. The number of hydrogen-bond donors (Lipinski definition) is 1. The zero-order chi connectivity index (χ0) is 19.9. The van der Waals surface area contributed by atoms with E-state index < -0.39 is 12.5 Å². The van der Waals surface area contributed by atoms with Gasteiger partial charge in [-0.2, -0.15) is 0 Å². The predicted molar refractivity (Wildman–Crippen MR) is 104 cm³/mol. The topological polar surface area (TPSA) is 43.0 Å². The van der Waals surface area contributed by atoms with Gasteiger partial charge in [-0.1, -0.05) is 30.3 Å². The van der Waals surface area contributed by atoms with Gasteiger partial charge in [0, 0.05) is 37.8 Å². The van der Waals surface area contributed by atoms with Gasteiger partial charge >= 0.3 is 0 Å². The number of piperazine rings is 1. The van der Waals surface area contributed by atoms with Crippen LogP contribution >= 0.6 is 0 Å². The molecule has 152 valence electrons. The van der Waals surface area contributed by atoms with Gasteiger partial charge in [0.1, 0.15) is 18.4 Å². The van der Waals surface area contributed by atoms with Gasteiger partial charge in [0.25, 0.3) is 6.43 Å². The number of halogens is 2. The minimum absolute atomic E-state index is 0.279. The smallest absolute Gasteiger partial charge is 0.258 e. The molecule has 0 unspecified atom stereocenters. The van der Waals surface area contributed by atoms with Crippen molar-refractivity contribution in [2.75, 3.05) is 40.4 Å². The zero-order valence-electron chi connectivity index (χ0n) is 16.2. The van der Waals surface area contributed by atoms with Crippen LogP contribution in [0, 0.1) is 0 Å². The number of alkyl halides is 2. The number of benzene rings is 2. The van der Waals surface area contributed by atoms with E-state index in [1.54, 1.807) is 17.0 Å². The molecule has 1 saturated heterocycles. The fourth-order valence-corrected chi connectivity index (χ4v) is 3.42. The Kier molecular flexibility index (Phi) is 7.06. The molecular formula is C21H26F2N2O3. The van der Waals surface area contributed by atoms with Crippen LogP contribution in [0.4, 0.5) is 8.78 Å². The molecule has 2 aromatic carbocycles. The van der Waals surface area contributed by atoms with E-state index in [2.05, 4.69) is 5.32 Å². The number of rotatable bonds is 8. The van der Waals surface area contributed by atoms with Crippen LogP contribution in [0.1, 0.15) is 17.2 Å². The van der Waals surface area contributed by atoms with Crippen LogP contribution < -0.4 is 19.5 Å². The standard InChI is InChI=1S/C21H26F2N2O3/c1-26-18-12-16(20(21(22)23)25-10-8-24-9-11-25)17(13-19(18)27-2)28-14-15-6-4-3-5-7-15/h3-7,12-13,20-21,24H,8-11,14H2,1-2H3/t20-/m0/s1. The van der Waals surface area contributed by atoms with E-state index in [9.17, 15) is 8.78 Å². The Morgan fingerprint density at radius 1 is 0.964 bits per heavy atom. The van der Waals surface area contributed by atoms with Gasteiger partial charge in [-0.15, -0.1) is 0 Å². The summed E-state index contributed by atoms with van der Waals surface area (Å²) in [5.74, 6) is 1.23. The first-order valence-corrected chi connectivity index (χ1v) is 9.29. The molecule has 5 nitrogen and oxygen atoms in total. The van der Waals surface area contributed by atoms with Gasteiger partial charge in [0.2, 0.25) is 0 Å². The van der Waals surface area contributed by atoms with Crippen molar-refractivity contribution in [2.24, 2.45) is 0 Å². The summed E-state index contributed by atoms with van der Waals surface area (Å²) < 4.78 is 45.0. The van der Waals surface area contributed by atoms with E-state index in [0.717, 1.165) is 5.56 Å². The van der Waals surface area contributed by atoms with E-state index in [4.69, 9.17) is 14.2 Å². The molecule has 1 atom stereocenters. The average Bonchev–Trinajstić information content (AvgIpc) is 2.73. The molecule has 0 spiro atoms. The number of ether oxygens (including phenoxy) is 3. The van der Waals surface area contributed by atoms with Crippen molar-refractivity contribution in [2.45, 2.75) is 19.1 Å². The Morgan fingerprint density at radius 3 is 2.21 bits per heavy atom. The highest BCUT2D eigenvalue weighted by atomic mass is 19.3. The summed E-state index contributed by atoms with van der Waals surface area (Å²) in [7, 11) is 3.01. The van der Waals surface area contributed by atoms with Gasteiger partial charge < -0.3 is 19.5 Å². The van der Waals surface area contributed by atoms with Crippen molar-refractivity contribution >= 4 is 0 Å². The van der Waals surface area contributed by atoms with Crippen LogP contribution in [-0.4, -0.2) is 51.7 Å². The van der Waals surface area contributed by atoms with Gasteiger partial charge in [-0.05, 0) is 11.6 Å². The van der Waals surface area contributed by atoms with Crippen molar-refractivity contribution in [3.8, 4) is 17.2 Å². The minimum atomic E-state index is -2.56. The third kappa shape index (κ3) is 4.72. The summed E-state index contributed by atoms with van der Waals surface area (Å²) in [5.41, 5.74) is 1.37.